The minimum Gasteiger partial charge on any atom is -0.487 e. The molecule has 0 bridgehead atoms. The third-order valence-electron chi connectivity index (χ3n) is 5.51. The molecule has 6 heteroatoms. The summed E-state index contributed by atoms with van der Waals surface area (Å²) in [6.45, 7) is 5.58. The fourth-order valence-electron chi connectivity index (χ4n) is 3.70. The Morgan fingerprint density at radius 2 is 1.81 bits per heavy atom. The second kappa shape index (κ2) is 8.08. The summed E-state index contributed by atoms with van der Waals surface area (Å²) in [7, 11) is 2.05. The van der Waals surface area contributed by atoms with Gasteiger partial charge in [-0.1, -0.05) is 17.7 Å². The first-order chi connectivity index (χ1) is 12.4. The van der Waals surface area contributed by atoms with E-state index in [1.807, 2.05) is 36.1 Å². The van der Waals surface area contributed by atoms with Crippen molar-refractivity contribution < 1.29 is 14.3 Å². The highest BCUT2D eigenvalue weighted by atomic mass is 16.5. The molecule has 2 heterocycles. The van der Waals surface area contributed by atoms with Crippen LogP contribution in [0.3, 0.4) is 0 Å². The van der Waals surface area contributed by atoms with Crippen molar-refractivity contribution in [3.8, 4) is 5.75 Å². The van der Waals surface area contributed by atoms with Crippen LogP contribution >= 0.6 is 0 Å². The van der Waals surface area contributed by atoms with Crippen LogP contribution in [0, 0.1) is 6.92 Å². The van der Waals surface area contributed by atoms with E-state index >= 15 is 0 Å². The molecule has 6 nitrogen and oxygen atoms in total. The minimum absolute atomic E-state index is 0.00174. The topological polar surface area (TPSA) is 61.9 Å². The van der Waals surface area contributed by atoms with Crippen molar-refractivity contribution in [3.63, 3.8) is 0 Å². The summed E-state index contributed by atoms with van der Waals surface area (Å²) in [4.78, 5) is 27.7. The van der Waals surface area contributed by atoms with Crippen molar-refractivity contribution in [2.45, 2.75) is 51.3 Å². The third-order valence-corrected chi connectivity index (χ3v) is 5.51. The van der Waals surface area contributed by atoms with Crippen LogP contribution < -0.4 is 10.1 Å². The van der Waals surface area contributed by atoms with Gasteiger partial charge in [0, 0.05) is 32.0 Å². The summed E-state index contributed by atoms with van der Waals surface area (Å²) in [5.41, 5.74) is 1.21. The molecular formula is C20H29N3O3. The van der Waals surface area contributed by atoms with Gasteiger partial charge in [0.15, 0.2) is 0 Å². The average Bonchev–Trinajstić information content (AvgIpc) is 2.90. The Hall–Kier alpha value is -2.08. The van der Waals surface area contributed by atoms with Crippen molar-refractivity contribution in [2.75, 3.05) is 26.7 Å². The van der Waals surface area contributed by atoms with Crippen LogP contribution in [0.1, 0.15) is 31.7 Å². The van der Waals surface area contributed by atoms with Gasteiger partial charge >= 0.3 is 0 Å². The van der Waals surface area contributed by atoms with Crippen molar-refractivity contribution in [1.82, 2.24) is 15.1 Å². The molecule has 3 rings (SSSR count). The first kappa shape index (κ1) is 18.7. The monoisotopic (exact) mass is 359 g/mol. The number of likely N-dealkylation sites (tertiary alicyclic amines) is 2. The lowest BCUT2D eigenvalue weighted by Crippen LogP contribution is -2.57. The summed E-state index contributed by atoms with van der Waals surface area (Å²) in [6, 6.07) is 8.60. The van der Waals surface area contributed by atoms with Crippen molar-refractivity contribution in [3.05, 3.63) is 29.8 Å². The van der Waals surface area contributed by atoms with E-state index in [2.05, 4.69) is 17.3 Å². The number of carbonyl (C=O) groups excluding carboxylic acids is 2. The molecule has 26 heavy (non-hydrogen) atoms. The number of rotatable bonds is 6. The Labute approximate surface area is 155 Å². The lowest BCUT2D eigenvalue weighted by molar-refractivity contribution is -0.141. The number of carbonyl (C=O) groups is 2. The summed E-state index contributed by atoms with van der Waals surface area (Å²) in [5, 5.41) is 2.88. The maximum absolute atomic E-state index is 12.5. The van der Waals surface area contributed by atoms with Crippen LogP contribution in [0.2, 0.25) is 0 Å². The fraction of sp³-hybridized carbons (Fsp3) is 0.600. The molecular weight excluding hydrogens is 330 g/mol. The molecule has 0 spiro atoms. The van der Waals surface area contributed by atoms with Gasteiger partial charge in [0.05, 0.1) is 13.1 Å². The van der Waals surface area contributed by atoms with Gasteiger partial charge < -0.3 is 15.0 Å². The molecule has 0 radical (unpaired) electrons. The number of amides is 2. The van der Waals surface area contributed by atoms with Gasteiger partial charge in [-0.25, -0.2) is 0 Å². The van der Waals surface area contributed by atoms with Crippen molar-refractivity contribution in [2.24, 2.45) is 0 Å². The molecule has 0 unspecified atom stereocenters. The van der Waals surface area contributed by atoms with Gasteiger partial charge in [-0.15, -0.1) is 0 Å². The Kier molecular flexibility index (Phi) is 5.81. The maximum Gasteiger partial charge on any atom is 0.224 e. The lowest BCUT2D eigenvalue weighted by atomic mass is 10.1. The van der Waals surface area contributed by atoms with E-state index in [1.165, 1.54) is 12.5 Å². The summed E-state index contributed by atoms with van der Waals surface area (Å²) >= 11 is 0. The number of aryl methyl sites for hydroxylation is 1. The SMILES string of the molecule is CC(=O)NC[C@H]1CC[C@@H](CC(=O)N2CC(Oc3ccc(C)cc3)C2)N1C. The van der Waals surface area contributed by atoms with E-state index in [4.69, 9.17) is 4.74 Å². The molecule has 2 fully saturated rings. The molecule has 1 aromatic carbocycles. The molecule has 1 N–H and O–H groups in total. The smallest absolute Gasteiger partial charge is 0.224 e. The van der Waals surface area contributed by atoms with Crippen LogP contribution in [0.5, 0.6) is 5.75 Å². The molecule has 0 aliphatic carbocycles. The average molecular weight is 359 g/mol. The van der Waals surface area contributed by atoms with Crippen molar-refractivity contribution >= 4 is 11.8 Å². The van der Waals surface area contributed by atoms with E-state index in [0.717, 1.165) is 18.6 Å². The quantitative estimate of drug-likeness (QED) is 0.838. The summed E-state index contributed by atoms with van der Waals surface area (Å²) < 4.78 is 5.90. The zero-order chi connectivity index (χ0) is 18.7. The molecule has 2 atom stereocenters. The summed E-state index contributed by atoms with van der Waals surface area (Å²) in [6.07, 6.45) is 2.66. The number of likely N-dealkylation sites (N-methyl/N-ethyl adjacent to an activating group) is 1. The first-order valence-corrected chi connectivity index (χ1v) is 9.40. The van der Waals surface area contributed by atoms with E-state index in [-0.39, 0.29) is 24.0 Å². The summed E-state index contributed by atoms with van der Waals surface area (Å²) in [5.74, 6) is 1.06. The number of benzene rings is 1. The molecule has 0 aromatic heterocycles. The van der Waals surface area contributed by atoms with Crippen LogP contribution in [-0.4, -0.2) is 66.5 Å². The number of hydrogen-bond donors (Lipinski definition) is 1. The highest BCUT2D eigenvalue weighted by molar-refractivity contribution is 5.78. The Morgan fingerprint density at radius 1 is 1.15 bits per heavy atom. The van der Waals surface area contributed by atoms with E-state index in [9.17, 15) is 9.59 Å². The van der Waals surface area contributed by atoms with Crippen LogP contribution in [0.15, 0.2) is 24.3 Å². The van der Waals surface area contributed by atoms with E-state index in [0.29, 0.717) is 32.1 Å². The molecule has 1 aromatic rings. The molecule has 142 valence electrons. The van der Waals surface area contributed by atoms with Crippen LogP contribution in [0.4, 0.5) is 0 Å². The van der Waals surface area contributed by atoms with Gasteiger partial charge in [-0.05, 0) is 38.9 Å². The second-order valence-electron chi connectivity index (χ2n) is 7.54. The normalized spacial score (nSPS) is 23.6. The van der Waals surface area contributed by atoms with E-state index < -0.39 is 0 Å². The minimum atomic E-state index is -0.00174. The highest BCUT2D eigenvalue weighted by Crippen LogP contribution is 2.26. The molecule has 0 saturated carbocycles. The third kappa shape index (κ3) is 4.55. The fourth-order valence-corrected chi connectivity index (χ4v) is 3.70. The van der Waals surface area contributed by atoms with E-state index in [1.54, 1.807) is 0 Å². The van der Waals surface area contributed by atoms with Crippen LogP contribution in [-0.2, 0) is 9.59 Å². The maximum atomic E-state index is 12.5. The standard InChI is InChI=1S/C20H29N3O3/c1-14-4-8-18(9-5-14)26-19-12-23(13-19)20(25)10-16-6-7-17(22(16)3)11-21-15(2)24/h4-5,8-9,16-17,19H,6-7,10-13H2,1-3H3,(H,21,24)/t16-,17+/m0/s1. The number of ether oxygens (including phenoxy) is 1. The van der Waals surface area contributed by atoms with Gasteiger partial charge in [-0.3, -0.25) is 14.5 Å². The Morgan fingerprint density at radius 3 is 2.46 bits per heavy atom. The number of hydrogen-bond acceptors (Lipinski definition) is 4. The van der Waals surface area contributed by atoms with Gasteiger partial charge in [0.1, 0.15) is 11.9 Å². The highest BCUT2D eigenvalue weighted by Gasteiger charge is 2.36. The van der Waals surface area contributed by atoms with Crippen LogP contribution in [0.25, 0.3) is 0 Å². The second-order valence-corrected chi connectivity index (χ2v) is 7.54. The van der Waals surface area contributed by atoms with Crippen molar-refractivity contribution in [1.29, 1.82) is 0 Å². The lowest BCUT2D eigenvalue weighted by Gasteiger charge is -2.40. The van der Waals surface area contributed by atoms with Gasteiger partial charge in [-0.2, -0.15) is 0 Å². The van der Waals surface area contributed by atoms with Gasteiger partial charge in [0.25, 0.3) is 0 Å². The zero-order valence-corrected chi connectivity index (χ0v) is 15.9. The number of nitrogens with zero attached hydrogens (tertiary/aromatic N) is 2. The number of nitrogens with one attached hydrogen (secondary N) is 1. The predicted octanol–water partition coefficient (Wildman–Crippen LogP) is 1.57. The predicted molar refractivity (Wildman–Crippen MR) is 100 cm³/mol. The molecule has 2 saturated heterocycles. The largest absolute Gasteiger partial charge is 0.487 e. The Balaban J connectivity index is 1.40. The molecule has 2 aliphatic rings. The zero-order valence-electron chi connectivity index (χ0n) is 15.9. The first-order valence-electron chi connectivity index (χ1n) is 9.40. The Bertz CT molecular complexity index is 640. The molecule has 2 aliphatic heterocycles. The van der Waals surface area contributed by atoms with Gasteiger partial charge in [0.2, 0.25) is 11.8 Å². The molecule has 2 amide bonds.